The van der Waals surface area contributed by atoms with E-state index < -0.39 is 5.95 Å². The molecule has 1 aliphatic rings. The van der Waals surface area contributed by atoms with Crippen molar-refractivity contribution in [2.24, 2.45) is 0 Å². The Morgan fingerprint density at radius 3 is 2.64 bits per heavy atom. The van der Waals surface area contributed by atoms with Gasteiger partial charge in [-0.2, -0.15) is 4.39 Å². The van der Waals surface area contributed by atoms with Crippen LogP contribution in [0.1, 0.15) is 0 Å². The normalized spacial score (nSPS) is 17.9. The Morgan fingerprint density at radius 1 is 1.29 bits per heavy atom. The van der Waals surface area contributed by atoms with E-state index in [9.17, 15) is 4.39 Å². The van der Waals surface area contributed by atoms with Gasteiger partial charge in [-0.3, -0.25) is 0 Å². The van der Waals surface area contributed by atoms with Crippen molar-refractivity contribution >= 4 is 27.3 Å². The number of hydrogen-bond acceptors (Lipinski definition) is 4. The van der Waals surface area contributed by atoms with Crippen molar-refractivity contribution in [3.05, 3.63) is 24.3 Å². The molecule has 0 aromatic carbocycles. The van der Waals surface area contributed by atoms with Gasteiger partial charge >= 0.3 is 0 Å². The van der Waals surface area contributed by atoms with Gasteiger partial charge in [-0.25, -0.2) is 4.98 Å². The fourth-order valence-electron chi connectivity index (χ4n) is 1.37. The number of anilines is 1. The summed E-state index contributed by atoms with van der Waals surface area (Å²) >= 11 is 0. The maximum atomic E-state index is 12.9. The van der Waals surface area contributed by atoms with Crippen molar-refractivity contribution in [1.29, 1.82) is 0 Å². The summed E-state index contributed by atoms with van der Waals surface area (Å²) in [6, 6.07) is 3.37. The SMILES string of the molecule is Fc1cc(N2CCSSCC2)ccn1. The maximum absolute atomic E-state index is 12.9. The molecule has 5 heteroatoms. The topological polar surface area (TPSA) is 16.1 Å². The van der Waals surface area contributed by atoms with E-state index in [-0.39, 0.29) is 0 Å². The Balaban J connectivity index is 2.12. The number of hydrogen-bond donors (Lipinski definition) is 0. The lowest BCUT2D eigenvalue weighted by molar-refractivity contribution is 0.583. The van der Waals surface area contributed by atoms with Crippen molar-refractivity contribution in [3.8, 4) is 0 Å². The van der Waals surface area contributed by atoms with Crippen molar-refractivity contribution in [3.63, 3.8) is 0 Å². The van der Waals surface area contributed by atoms with Crippen molar-refractivity contribution in [1.82, 2.24) is 4.98 Å². The molecular weight excluding hydrogens is 219 g/mol. The smallest absolute Gasteiger partial charge is 0.214 e. The second-order valence-electron chi connectivity index (χ2n) is 2.97. The van der Waals surface area contributed by atoms with Gasteiger partial charge in [-0.15, -0.1) is 0 Å². The average Bonchev–Trinajstić information content (AvgIpc) is 2.45. The maximum Gasteiger partial charge on any atom is 0.214 e. The molecule has 2 rings (SSSR count). The van der Waals surface area contributed by atoms with Crippen LogP contribution in [0.25, 0.3) is 0 Å². The van der Waals surface area contributed by atoms with Crippen LogP contribution in [0.3, 0.4) is 0 Å². The highest BCUT2D eigenvalue weighted by Crippen LogP contribution is 2.26. The van der Waals surface area contributed by atoms with Gasteiger partial charge in [-0.1, -0.05) is 21.6 Å². The minimum Gasteiger partial charge on any atom is -0.370 e. The van der Waals surface area contributed by atoms with Gasteiger partial charge in [0.1, 0.15) is 0 Å². The Morgan fingerprint density at radius 2 is 2.00 bits per heavy atom. The molecule has 0 spiro atoms. The van der Waals surface area contributed by atoms with Crippen LogP contribution < -0.4 is 4.90 Å². The van der Waals surface area contributed by atoms with Crippen LogP contribution in [-0.2, 0) is 0 Å². The minimum atomic E-state index is -0.396. The van der Waals surface area contributed by atoms with Gasteiger partial charge in [0, 0.05) is 42.5 Å². The van der Waals surface area contributed by atoms with E-state index in [4.69, 9.17) is 0 Å². The van der Waals surface area contributed by atoms with Crippen molar-refractivity contribution in [2.45, 2.75) is 0 Å². The first-order valence-corrected chi connectivity index (χ1v) is 6.96. The summed E-state index contributed by atoms with van der Waals surface area (Å²) in [5.74, 6) is 1.79. The summed E-state index contributed by atoms with van der Waals surface area (Å²) < 4.78 is 12.9. The Labute approximate surface area is 90.7 Å². The minimum absolute atomic E-state index is 0.396. The number of nitrogens with zero attached hydrogens (tertiary/aromatic N) is 2. The molecule has 1 aromatic heterocycles. The lowest BCUT2D eigenvalue weighted by atomic mass is 10.3. The molecule has 1 saturated heterocycles. The molecule has 0 unspecified atom stereocenters. The van der Waals surface area contributed by atoms with Crippen molar-refractivity contribution in [2.75, 3.05) is 29.5 Å². The number of halogens is 1. The number of rotatable bonds is 1. The summed E-state index contributed by atoms with van der Waals surface area (Å²) in [5, 5.41) is 0. The molecule has 1 fully saturated rings. The average molecular weight is 230 g/mol. The summed E-state index contributed by atoms with van der Waals surface area (Å²) in [6.45, 7) is 1.97. The standard InChI is InChI=1S/C9H11FN2S2/c10-9-7-8(1-2-11-9)12-3-5-13-14-6-4-12/h1-2,7H,3-6H2. The third-order valence-electron chi connectivity index (χ3n) is 2.05. The van der Waals surface area contributed by atoms with Gasteiger partial charge in [0.2, 0.25) is 5.95 Å². The second kappa shape index (κ2) is 4.89. The van der Waals surface area contributed by atoms with E-state index in [1.807, 2.05) is 27.7 Å². The molecule has 2 heterocycles. The molecule has 0 atom stereocenters. The van der Waals surface area contributed by atoms with E-state index in [0.717, 1.165) is 30.3 Å². The molecule has 2 nitrogen and oxygen atoms in total. The largest absolute Gasteiger partial charge is 0.370 e. The van der Waals surface area contributed by atoms with Crippen LogP contribution in [0.4, 0.5) is 10.1 Å². The molecule has 0 amide bonds. The van der Waals surface area contributed by atoms with E-state index in [1.54, 1.807) is 0 Å². The molecule has 14 heavy (non-hydrogen) atoms. The van der Waals surface area contributed by atoms with Crippen LogP contribution in [0.15, 0.2) is 18.3 Å². The fourth-order valence-corrected chi connectivity index (χ4v) is 3.35. The van der Waals surface area contributed by atoms with Gasteiger partial charge < -0.3 is 4.90 Å². The first kappa shape index (κ1) is 10.1. The van der Waals surface area contributed by atoms with E-state index >= 15 is 0 Å². The van der Waals surface area contributed by atoms with Crippen LogP contribution in [0.5, 0.6) is 0 Å². The van der Waals surface area contributed by atoms with Crippen LogP contribution in [0, 0.1) is 5.95 Å². The first-order valence-electron chi connectivity index (χ1n) is 4.47. The highest BCUT2D eigenvalue weighted by Gasteiger charge is 2.10. The van der Waals surface area contributed by atoms with Crippen molar-refractivity contribution < 1.29 is 4.39 Å². The molecular formula is C9H11FN2S2. The van der Waals surface area contributed by atoms with Gasteiger partial charge in [0.05, 0.1) is 0 Å². The Bertz CT molecular complexity index is 301. The molecule has 0 bridgehead atoms. The van der Waals surface area contributed by atoms with Crippen LogP contribution >= 0.6 is 21.6 Å². The quantitative estimate of drug-likeness (QED) is 0.544. The molecule has 0 aliphatic carbocycles. The zero-order valence-corrected chi connectivity index (χ0v) is 9.28. The molecule has 0 N–H and O–H groups in total. The third-order valence-corrected chi connectivity index (χ3v) is 4.41. The molecule has 1 aromatic rings. The van der Waals surface area contributed by atoms with Gasteiger partial charge in [-0.05, 0) is 6.07 Å². The lowest BCUT2D eigenvalue weighted by Crippen LogP contribution is -2.26. The monoisotopic (exact) mass is 230 g/mol. The zero-order chi connectivity index (χ0) is 9.80. The zero-order valence-electron chi connectivity index (χ0n) is 7.65. The van der Waals surface area contributed by atoms with Gasteiger partial charge in [0.15, 0.2) is 0 Å². The number of aromatic nitrogens is 1. The summed E-state index contributed by atoms with van der Waals surface area (Å²) in [5.41, 5.74) is 0.945. The molecule has 0 saturated carbocycles. The van der Waals surface area contributed by atoms with E-state index in [1.165, 1.54) is 12.3 Å². The highest BCUT2D eigenvalue weighted by atomic mass is 33.1. The molecule has 0 radical (unpaired) electrons. The van der Waals surface area contributed by atoms with Gasteiger partial charge in [0.25, 0.3) is 0 Å². The van der Waals surface area contributed by atoms with E-state index in [2.05, 4.69) is 9.88 Å². The molecule has 76 valence electrons. The lowest BCUT2D eigenvalue weighted by Gasteiger charge is -2.21. The first-order chi connectivity index (χ1) is 6.86. The van der Waals surface area contributed by atoms with Crippen LogP contribution in [0.2, 0.25) is 0 Å². The Hall–Kier alpha value is -0.420. The Kier molecular flexibility index (Phi) is 3.53. The predicted octanol–water partition coefficient (Wildman–Crippen LogP) is 2.42. The third kappa shape index (κ3) is 2.54. The highest BCUT2D eigenvalue weighted by molar-refractivity contribution is 8.76. The number of pyridine rings is 1. The predicted molar refractivity (Wildman–Crippen MR) is 61.3 cm³/mol. The summed E-state index contributed by atoms with van der Waals surface area (Å²) in [4.78, 5) is 5.76. The summed E-state index contributed by atoms with van der Waals surface area (Å²) in [6.07, 6.45) is 1.52. The fraction of sp³-hybridized carbons (Fsp3) is 0.444. The van der Waals surface area contributed by atoms with Crippen LogP contribution in [-0.4, -0.2) is 29.6 Å². The molecule has 1 aliphatic heterocycles. The summed E-state index contributed by atoms with van der Waals surface area (Å²) in [7, 11) is 3.77. The second-order valence-corrected chi connectivity index (χ2v) is 5.67. The van der Waals surface area contributed by atoms with E-state index in [0.29, 0.717) is 0 Å².